The lowest BCUT2D eigenvalue weighted by Crippen LogP contribution is -2.38. The maximum atomic E-state index is 5.78. The van der Waals surface area contributed by atoms with Crippen LogP contribution in [0.25, 0.3) is 0 Å². The lowest BCUT2D eigenvalue weighted by molar-refractivity contribution is 0.0205. The molecule has 2 rings (SSSR count). The van der Waals surface area contributed by atoms with E-state index in [1.165, 1.54) is 25.7 Å². The molecule has 0 aromatic carbocycles. The maximum Gasteiger partial charge on any atom is 0.191 e. The third-order valence-corrected chi connectivity index (χ3v) is 4.53. The molecule has 0 amide bonds. The molecule has 2 fully saturated rings. The molecule has 1 saturated carbocycles. The number of guanidine groups is 1. The van der Waals surface area contributed by atoms with E-state index in [0.717, 1.165) is 77.2 Å². The molecule has 0 aromatic heterocycles. The number of hydrogen-bond donors (Lipinski definition) is 2. The minimum Gasteiger partial charge on any atom is -0.381 e. The van der Waals surface area contributed by atoms with Crippen molar-refractivity contribution >= 4 is 5.96 Å². The Hall–Kier alpha value is -0.810. The summed E-state index contributed by atoms with van der Waals surface area (Å²) in [7, 11) is 0. The fraction of sp³-hybridized carbons (Fsp3) is 0.944. The molecule has 1 heterocycles. The molecule has 5 nitrogen and oxygen atoms in total. The summed E-state index contributed by atoms with van der Waals surface area (Å²) in [5.41, 5.74) is 0. The van der Waals surface area contributed by atoms with E-state index < -0.39 is 0 Å². The largest absolute Gasteiger partial charge is 0.381 e. The second-order valence-electron chi connectivity index (χ2n) is 6.76. The first-order valence-electron chi connectivity index (χ1n) is 9.56. The summed E-state index contributed by atoms with van der Waals surface area (Å²) in [4.78, 5) is 4.62. The van der Waals surface area contributed by atoms with Crippen LogP contribution in [0.4, 0.5) is 0 Å². The van der Waals surface area contributed by atoms with E-state index >= 15 is 0 Å². The van der Waals surface area contributed by atoms with E-state index in [4.69, 9.17) is 9.47 Å². The minimum absolute atomic E-state index is 0.692. The van der Waals surface area contributed by atoms with Crippen molar-refractivity contribution in [1.82, 2.24) is 10.6 Å². The Bertz CT molecular complexity index is 326. The number of hydrogen-bond acceptors (Lipinski definition) is 3. The minimum atomic E-state index is 0.692. The average Bonchev–Trinajstić information content (AvgIpc) is 3.40. The van der Waals surface area contributed by atoms with E-state index in [0.29, 0.717) is 5.92 Å². The van der Waals surface area contributed by atoms with Gasteiger partial charge in [-0.3, -0.25) is 4.99 Å². The predicted octanol–water partition coefficient (Wildman–Crippen LogP) is 2.57. The van der Waals surface area contributed by atoms with Crippen molar-refractivity contribution in [3.63, 3.8) is 0 Å². The quantitative estimate of drug-likeness (QED) is 0.348. The number of nitrogens with zero attached hydrogens (tertiary/aromatic N) is 1. The second-order valence-corrected chi connectivity index (χ2v) is 6.76. The van der Waals surface area contributed by atoms with Crippen molar-refractivity contribution in [2.75, 3.05) is 46.1 Å². The van der Waals surface area contributed by atoms with E-state index in [-0.39, 0.29) is 0 Å². The van der Waals surface area contributed by atoms with Gasteiger partial charge in [0.15, 0.2) is 5.96 Å². The first-order valence-corrected chi connectivity index (χ1v) is 9.56. The highest BCUT2D eigenvalue weighted by molar-refractivity contribution is 5.79. The zero-order valence-electron chi connectivity index (χ0n) is 14.8. The Morgan fingerprint density at radius 3 is 2.65 bits per heavy atom. The lowest BCUT2D eigenvalue weighted by Gasteiger charge is -2.21. The summed E-state index contributed by atoms with van der Waals surface area (Å²) in [5, 5.41) is 6.74. The summed E-state index contributed by atoms with van der Waals surface area (Å²) in [6, 6.07) is 0. The molecule has 23 heavy (non-hydrogen) atoms. The van der Waals surface area contributed by atoms with Crippen LogP contribution in [0, 0.1) is 11.8 Å². The Labute approximate surface area is 141 Å². The van der Waals surface area contributed by atoms with Crippen LogP contribution in [0.5, 0.6) is 0 Å². The zero-order chi connectivity index (χ0) is 16.2. The van der Waals surface area contributed by atoms with Crippen molar-refractivity contribution in [2.24, 2.45) is 16.8 Å². The van der Waals surface area contributed by atoms with Gasteiger partial charge in [-0.25, -0.2) is 0 Å². The molecule has 0 bridgehead atoms. The highest BCUT2D eigenvalue weighted by atomic mass is 16.5. The number of nitrogens with one attached hydrogen (secondary N) is 2. The highest BCUT2D eigenvalue weighted by Crippen LogP contribution is 2.33. The number of aliphatic imine (C=N–C) groups is 1. The van der Waals surface area contributed by atoms with Gasteiger partial charge in [-0.1, -0.05) is 12.8 Å². The Morgan fingerprint density at radius 2 is 1.91 bits per heavy atom. The van der Waals surface area contributed by atoms with E-state index in [1.807, 2.05) is 0 Å². The third-order valence-electron chi connectivity index (χ3n) is 4.53. The van der Waals surface area contributed by atoms with Gasteiger partial charge in [0.1, 0.15) is 0 Å². The van der Waals surface area contributed by atoms with Crippen LogP contribution >= 0.6 is 0 Å². The van der Waals surface area contributed by atoms with Gasteiger partial charge < -0.3 is 20.1 Å². The average molecular weight is 325 g/mol. The monoisotopic (exact) mass is 325 g/mol. The van der Waals surface area contributed by atoms with Crippen LogP contribution in [0.3, 0.4) is 0 Å². The fourth-order valence-electron chi connectivity index (χ4n) is 2.87. The summed E-state index contributed by atoms with van der Waals surface area (Å²) in [6.45, 7) is 8.36. The molecular weight excluding hydrogens is 290 g/mol. The molecule has 1 aliphatic carbocycles. The van der Waals surface area contributed by atoms with Crippen LogP contribution in [0.1, 0.15) is 51.9 Å². The molecule has 0 atom stereocenters. The maximum absolute atomic E-state index is 5.78. The van der Waals surface area contributed by atoms with Gasteiger partial charge in [0, 0.05) is 46.1 Å². The molecule has 2 aliphatic rings. The van der Waals surface area contributed by atoms with E-state index in [2.05, 4.69) is 22.5 Å². The van der Waals surface area contributed by atoms with Crippen molar-refractivity contribution in [2.45, 2.75) is 51.9 Å². The molecule has 1 aliphatic heterocycles. The van der Waals surface area contributed by atoms with Gasteiger partial charge in [-0.2, -0.15) is 0 Å². The molecule has 5 heteroatoms. The predicted molar refractivity (Wildman–Crippen MR) is 94.9 cm³/mol. The van der Waals surface area contributed by atoms with Gasteiger partial charge in [-0.05, 0) is 50.9 Å². The summed E-state index contributed by atoms with van der Waals surface area (Å²) in [5.74, 6) is 2.66. The molecule has 0 radical (unpaired) electrons. The van der Waals surface area contributed by atoms with Crippen LogP contribution < -0.4 is 10.6 Å². The molecular formula is C18H35N3O2. The van der Waals surface area contributed by atoms with Crippen LogP contribution in [0.15, 0.2) is 4.99 Å². The van der Waals surface area contributed by atoms with Crippen LogP contribution in [-0.2, 0) is 9.47 Å². The molecule has 0 spiro atoms. The van der Waals surface area contributed by atoms with E-state index in [1.54, 1.807) is 0 Å². The Balaban J connectivity index is 1.47. The highest BCUT2D eigenvalue weighted by Gasteiger charge is 2.19. The van der Waals surface area contributed by atoms with Crippen molar-refractivity contribution in [1.29, 1.82) is 0 Å². The zero-order valence-corrected chi connectivity index (χ0v) is 14.8. The normalized spacial score (nSPS) is 19.8. The summed E-state index contributed by atoms with van der Waals surface area (Å²) < 4.78 is 11.1. The van der Waals surface area contributed by atoms with Gasteiger partial charge in [0.25, 0.3) is 0 Å². The Morgan fingerprint density at radius 1 is 1.09 bits per heavy atom. The molecule has 1 saturated heterocycles. The van der Waals surface area contributed by atoms with Crippen molar-refractivity contribution in [3.05, 3.63) is 0 Å². The molecule has 134 valence electrons. The molecule has 0 unspecified atom stereocenters. The smallest absolute Gasteiger partial charge is 0.191 e. The summed E-state index contributed by atoms with van der Waals surface area (Å²) >= 11 is 0. The Kier molecular flexibility index (Phi) is 9.41. The second kappa shape index (κ2) is 11.7. The van der Waals surface area contributed by atoms with Gasteiger partial charge in [-0.15, -0.1) is 0 Å². The fourth-order valence-corrected chi connectivity index (χ4v) is 2.87. The van der Waals surface area contributed by atoms with Crippen LogP contribution in [0.2, 0.25) is 0 Å². The van der Waals surface area contributed by atoms with Crippen LogP contribution in [-0.4, -0.2) is 52.0 Å². The van der Waals surface area contributed by atoms with Crippen molar-refractivity contribution < 1.29 is 9.47 Å². The van der Waals surface area contributed by atoms with Gasteiger partial charge in [0.2, 0.25) is 0 Å². The first kappa shape index (κ1) is 18.5. The third kappa shape index (κ3) is 9.16. The van der Waals surface area contributed by atoms with Gasteiger partial charge in [0.05, 0.1) is 0 Å². The van der Waals surface area contributed by atoms with Crippen molar-refractivity contribution in [3.8, 4) is 0 Å². The summed E-state index contributed by atoms with van der Waals surface area (Å²) in [6.07, 6.45) is 8.79. The SMILES string of the molecule is CCNC(=NCCCOCC1CCOCC1)NCCCC1CC1. The lowest BCUT2D eigenvalue weighted by atomic mass is 10.0. The standard InChI is InChI=1S/C18H35N3O2/c1-2-19-18(20-10-3-5-16-6-7-16)21-11-4-12-23-15-17-8-13-22-14-9-17/h16-17H,2-15H2,1H3,(H2,19,20,21). The van der Waals surface area contributed by atoms with Gasteiger partial charge >= 0.3 is 0 Å². The number of ether oxygens (including phenoxy) is 2. The topological polar surface area (TPSA) is 54.9 Å². The molecule has 0 aromatic rings. The molecule has 2 N–H and O–H groups in total. The first-order chi connectivity index (χ1) is 11.4. The number of rotatable bonds is 11. The van der Waals surface area contributed by atoms with E-state index in [9.17, 15) is 0 Å².